The summed E-state index contributed by atoms with van der Waals surface area (Å²) < 4.78 is 11.0. The molecule has 1 aliphatic carbocycles. The van der Waals surface area contributed by atoms with Crippen LogP contribution in [0.4, 0.5) is 5.69 Å². The topological polar surface area (TPSA) is 98.4 Å². The van der Waals surface area contributed by atoms with Gasteiger partial charge < -0.3 is 14.2 Å². The van der Waals surface area contributed by atoms with E-state index in [0.717, 1.165) is 30.5 Å². The summed E-state index contributed by atoms with van der Waals surface area (Å²) in [5.74, 6) is -0.603. The number of amides is 1. The van der Waals surface area contributed by atoms with Crippen LogP contribution in [0.15, 0.2) is 53.3 Å². The first-order valence-electron chi connectivity index (χ1n) is 11.5. The minimum absolute atomic E-state index is 0.0194. The lowest BCUT2D eigenvalue weighted by Crippen LogP contribution is -2.42. The molecule has 0 saturated heterocycles. The first kappa shape index (κ1) is 21.3. The van der Waals surface area contributed by atoms with E-state index in [2.05, 4.69) is 21.2 Å². The predicted molar refractivity (Wildman–Crippen MR) is 120 cm³/mol. The van der Waals surface area contributed by atoms with Crippen molar-refractivity contribution in [1.82, 2.24) is 15.1 Å². The van der Waals surface area contributed by atoms with Gasteiger partial charge in [-0.05, 0) is 49.9 Å². The van der Waals surface area contributed by atoms with Gasteiger partial charge in [-0.15, -0.1) is 0 Å². The van der Waals surface area contributed by atoms with E-state index in [1.165, 1.54) is 5.56 Å². The molecule has 2 aliphatic rings. The zero-order valence-electron chi connectivity index (χ0n) is 18.5. The number of hydrogen-bond acceptors (Lipinski definition) is 7. The van der Waals surface area contributed by atoms with Gasteiger partial charge >= 0.3 is 5.97 Å². The molecule has 5 rings (SSSR count). The van der Waals surface area contributed by atoms with Crippen LogP contribution in [0.5, 0.6) is 0 Å². The van der Waals surface area contributed by atoms with Gasteiger partial charge in [-0.2, -0.15) is 4.98 Å². The molecule has 1 aliphatic heterocycles. The predicted octanol–water partition coefficient (Wildman–Crippen LogP) is 4.13. The van der Waals surface area contributed by atoms with Gasteiger partial charge in [-0.3, -0.25) is 14.6 Å². The van der Waals surface area contributed by atoms with Gasteiger partial charge in [0.15, 0.2) is 6.10 Å². The van der Waals surface area contributed by atoms with Gasteiger partial charge in [0.2, 0.25) is 11.7 Å². The number of carbonyl (C=O) groups is 2. The highest BCUT2D eigenvalue weighted by Gasteiger charge is 2.41. The highest BCUT2D eigenvalue weighted by molar-refractivity contribution is 5.99. The number of hydrogen-bond donors (Lipinski definition) is 0. The largest absolute Gasteiger partial charge is 0.452 e. The molecule has 3 unspecified atom stereocenters. The van der Waals surface area contributed by atoms with E-state index in [1.54, 1.807) is 25.4 Å². The van der Waals surface area contributed by atoms with Gasteiger partial charge in [0, 0.05) is 30.2 Å². The molecule has 1 saturated carbocycles. The second-order valence-corrected chi connectivity index (χ2v) is 8.64. The molecular weight excluding hydrogens is 420 g/mol. The molecular formula is C25H26N4O4. The van der Waals surface area contributed by atoms with Gasteiger partial charge in [0.1, 0.15) is 0 Å². The number of para-hydroxylation sites is 1. The van der Waals surface area contributed by atoms with Crippen LogP contribution in [0.25, 0.3) is 11.4 Å². The number of pyridine rings is 1. The molecule has 1 amide bonds. The molecule has 2 aromatic heterocycles. The standard InChI is InChI=1S/C25H26N4O4/c1-16(23-27-22(28-33-23)18-8-6-13-26-15-18)32-25(31)20-10-4-3-9-19(20)24(30)29-14-12-17-7-2-5-11-21(17)29/h2,5-8,11,13,15-16,19-20H,3-4,9-10,12,14H2,1H3. The number of esters is 1. The number of fused-ring (bicyclic) bond motifs is 1. The van der Waals surface area contributed by atoms with Gasteiger partial charge in [-0.1, -0.05) is 36.2 Å². The summed E-state index contributed by atoms with van der Waals surface area (Å²) in [4.78, 5) is 36.9. The normalized spacial score (nSPS) is 20.8. The monoisotopic (exact) mass is 446 g/mol. The Labute approximate surface area is 192 Å². The maximum absolute atomic E-state index is 13.5. The molecule has 1 aromatic carbocycles. The molecule has 0 spiro atoms. The van der Waals surface area contributed by atoms with Crippen molar-refractivity contribution >= 4 is 17.6 Å². The molecule has 0 bridgehead atoms. The number of carbonyl (C=O) groups excluding carboxylic acids is 2. The van der Waals surface area contributed by atoms with Crippen LogP contribution < -0.4 is 4.90 Å². The van der Waals surface area contributed by atoms with E-state index >= 15 is 0 Å². The number of nitrogens with zero attached hydrogens (tertiary/aromatic N) is 4. The third kappa shape index (κ3) is 4.25. The highest BCUT2D eigenvalue weighted by atomic mass is 16.6. The number of aromatic nitrogens is 3. The minimum Gasteiger partial charge on any atom is -0.452 e. The molecule has 33 heavy (non-hydrogen) atoms. The van der Waals surface area contributed by atoms with Crippen molar-refractivity contribution in [1.29, 1.82) is 0 Å². The summed E-state index contributed by atoms with van der Waals surface area (Å²) in [5, 5.41) is 3.97. The second kappa shape index (κ2) is 9.13. The average molecular weight is 447 g/mol. The summed E-state index contributed by atoms with van der Waals surface area (Å²) in [6.45, 7) is 2.36. The zero-order valence-corrected chi connectivity index (χ0v) is 18.5. The van der Waals surface area contributed by atoms with Crippen molar-refractivity contribution < 1.29 is 18.8 Å². The Morgan fingerprint density at radius 1 is 1.12 bits per heavy atom. The maximum atomic E-state index is 13.5. The first-order chi connectivity index (χ1) is 16.1. The molecule has 0 N–H and O–H groups in total. The Morgan fingerprint density at radius 3 is 2.76 bits per heavy atom. The van der Waals surface area contributed by atoms with Crippen LogP contribution in [-0.4, -0.2) is 33.5 Å². The van der Waals surface area contributed by atoms with E-state index in [-0.39, 0.29) is 23.7 Å². The summed E-state index contributed by atoms with van der Waals surface area (Å²) in [7, 11) is 0. The fraction of sp³-hybridized carbons (Fsp3) is 0.400. The smallest absolute Gasteiger partial charge is 0.310 e. The molecule has 8 heteroatoms. The summed E-state index contributed by atoms with van der Waals surface area (Å²) >= 11 is 0. The SMILES string of the molecule is CC(OC(=O)C1CCCCC1C(=O)N1CCc2ccccc21)c1nc(-c2cccnc2)no1. The first-order valence-corrected chi connectivity index (χ1v) is 11.5. The second-order valence-electron chi connectivity index (χ2n) is 8.64. The lowest BCUT2D eigenvalue weighted by Gasteiger charge is -2.32. The Kier molecular flexibility index (Phi) is 5.90. The lowest BCUT2D eigenvalue weighted by atomic mass is 9.78. The molecule has 3 aromatic rings. The maximum Gasteiger partial charge on any atom is 0.310 e. The van der Waals surface area contributed by atoms with Gasteiger partial charge in [-0.25, -0.2) is 0 Å². The van der Waals surface area contributed by atoms with Gasteiger partial charge in [0.25, 0.3) is 5.89 Å². The minimum atomic E-state index is -0.708. The fourth-order valence-electron chi connectivity index (χ4n) is 4.80. The number of rotatable bonds is 5. The number of ether oxygens (including phenoxy) is 1. The van der Waals surface area contributed by atoms with Crippen LogP contribution >= 0.6 is 0 Å². The quantitative estimate of drug-likeness (QED) is 0.543. The van der Waals surface area contributed by atoms with Crippen LogP contribution in [0.1, 0.15) is 50.2 Å². The number of anilines is 1. The fourth-order valence-corrected chi connectivity index (χ4v) is 4.80. The Hall–Kier alpha value is -3.55. The molecule has 170 valence electrons. The third-order valence-electron chi connectivity index (χ3n) is 6.54. The number of benzene rings is 1. The Balaban J connectivity index is 1.28. The zero-order chi connectivity index (χ0) is 22.8. The van der Waals surface area contributed by atoms with Crippen molar-refractivity contribution in [3.05, 3.63) is 60.2 Å². The Bertz CT molecular complexity index is 1150. The summed E-state index contributed by atoms with van der Waals surface area (Å²) in [6.07, 6.45) is 6.61. The van der Waals surface area contributed by atoms with Crippen LogP contribution in [0, 0.1) is 11.8 Å². The summed E-state index contributed by atoms with van der Waals surface area (Å²) in [5.41, 5.74) is 2.85. The van der Waals surface area contributed by atoms with Gasteiger partial charge in [0.05, 0.1) is 11.8 Å². The van der Waals surface area contributed by atoms with E-state index in [0.29, 0.717) is 25.2 Å². The van der Waals surface area contributed by atoms with Crippen molar-refractivity contribution in [3.8, 4) is 11.4 Å². The molecule has 3 atom stereocenters. The lowest BCUT2D eigenvalue weighted by molar-refractivity contribution is -0.160. The van der Waals surface area contributed by atoms with Crippen molar-refractivity contribution in [2.45, 2.75) is 45.1 Å². The van der Waals surface area contributed by atoms with Crippen LogP contribution in [0.3, 0.4) is 0 Å². The van der Waals surface area contributed by atoms with Crippen molar-refractivity contribution in [2.24, 2.45) is 11.8 Å². The highest BCUT2D eigenvalue weighted by Crippen LogP contribution is 2.37. The van der Waals surface area contributed by atoms with Crippen LogP contribution in [0.2, 0.25) is 0 Å². The van der Waals surface area contributed by atoms with Crippen LogP contribution in [-0.2, 0) is 20.7 Å². The third-order valence-corrected chi connectivity index (χ3v) is 6.54. The molecule has 3 heterocycles. The van der Waals surface area contributed by atoms with Crippen molar-refractivity contribution in [3.63, 3.8) is 0 Å². The molecule has 1 fully saturated rings. The van der Waals surface area contributed by atoms with E-state index < -0.39 is 12.0 Å². The average Bonchev–Trinajstić information content (AvgIpc) is 3.52. The molecule has 0 radical (unpaired) electrons. The molecule has 8 nitrogen and oxygen atoms in total. The van der Waals surface area contributed by atoms with Crippen molar-refractivity contribution in [2.75, 3.05) is 11.4 Å². The van der Waals surface area contributed by atoms with E-state index in [4.69, 9.17) is 9.26 Å². The van der Waals surface area contributed by atoms with E-state index in [1.807, 2.05) is 29.2 Å². The van der Waals surface area contributed by atoms with E-state index in [9.17, 15) is 9.59 Å². The summed E-state index contributed by atoms with van der Waals surface area (Å²) in [6, 6.07) is 11.6. The Morgan fingerprint density at radius 2 is 1.94 bits per heavy atom.